The first-order valence-corrected chi connectivity index (χ1v) is 5.54. The lowest BCUT2D eigenvalue weighted by atomic mass is 10.0. The highest BCUT2D eigenvalue weighted by Gasteiger charge is 2.25. The Labute approximate surface area is 82.8 Å². The molecule has 0 rings (SSSR count). The maximum absolute atomic E-state index is 6.17. The van der Waals surface area contributed by atoms with Crippen LogP contribution in [0.1, 0.15) is 59.8 Å². The highest BCUT2D eigenvalue weighted by Crippen LogP contribution is 2.20. The second-order valence-electron chi connectivity index (χ2n) is 3.90. The van der Waals surface area contributed by atoms with Crippen molar-refractivity contribution in [2.45, 2.75) is 71.6 Å². The van der Waals surface area contributed by atoms with Crippen molar-refractivity contribution in [2.75, 3.05) is 0 Å². The van der Waals surface area contributed by atoms with E-state index in [1.54, 1.807) is 0 Å². The van der Waals surface area contributed by atoms with Crippen LogP contribution in [0.4, 0.5) is 0 Å². The molecule has 2 N–H and O–H groups in total. The molecule has 0 heterocycles. The van der Waals surface area contributed by atoms with E-state index in [0.717, 1.165) is 32.1 Å². The molecule has 0 radical (unpaired) electrons. The third-order valence-electron chi connectivity index (χ3n) is 2.36. The molecule has 0 amide bonds. The fourth-order valence-corrected chi connectivity index (χ4v) is 1.57. The molecular formula is C11H25NO. The van der Waals surface area contributed by atoms with Gasteiger partial charge < -0.3 is 10.5 Å². The van der Waals surface area contributed by atoms with Crippen LogP contribution in [-0.2, 0) is 4.74 Å². The molecule has 0 aliphatic carbocycles. The van der Waals surface area contributed by atoms with Crippen molar-refractivity contribution >= 4 is 0 Å². The smallest absolute Gasteiger partial charge is 0.117 e. The van der Waals surface area contributed by atoms with Crippen LogP contribution in [0.25, 0.3) is 0 Å². The summed E-state index contributed by atoms with van der Waals surface area (Å²) in [6, 6.07) is 0. The van der Waals surface area contributed by atoms with Gasteiger partial charge in [0, 0.05) is 0 Å². The van der Waals surface area contributed by atoms with Crippen molar-refractivity contribution in [3.63, 3.8) is 0 Å². The van der Waals surface area contributed by atoms with Gasteiger partial charge in [0.2, 0.25) is 0 Å². The number of hydrogen-bond donors (Lipinski definition) is 1. The van der Waals surface area contributed by atoms with Crippen molar-refractivity contribution < 1.29 is 4.74 Å². The zero-order chi connectivity index (χ0) is 10.3. The summed E-state index contributed by atoms with van der Waals surface area (Å²) in [6.07, 6.45) is 5.42. The van der Waals surface area contributed by atoms with Gasteiger partial charge in [0.05, 0.1) is 6.10 Å². The number of nitrogens with two attached hydrogens (primary N) is 1. The van der Waals surface area contributed by atoms with E-state index >= 15 is 0 Å². The van der Waals surface area contributed by atoms with Crippen LogP contribution in [0.5, 0.6) is 0 Å². The third-order valence-corrected chi connectivity index (χ3v) is 2.36. The molecule has 0 aliphatic rings. The third kappa shape index (κ3) is 5.27. The van der Waals surface area contributed by atoms with Crippen molar-refractivity contribution in [1.29, 1.82) is 0 Å². The largest absolute Gasteiger partial charge is 0.358 e. The molecule has 0 aromatic heterocycles. The highest BCUT2D eigenvalue weighted by molar-refractivity contribution is 4.73. The summed E-state index contributed by atoms with van der Waals surface area (Å²) in [4.78, 5) is 0. The molecule has 1 unspecified atom stereocenters. The molecule has 0 saturated carbocycles. The Bertz CT molecular complexity index is 119. The van der Waals surface area contributed by atoms with Gasteiger partial charge in [-0.3, -0.25) is 0 Å². The SMILES string of the molecule is CCCC(N)(CCC)OC(C)CC. The van der Waals surface area contributed by atoms with E-state index in [-0.39, 0.29) is 11.8 Å². The highest BCUT2D eigenvalue weighted by atomic mass is 16.5. The summed E-state index contributed by atoms with van der Waals surface area (Å²) in [5.41, 5.74) is 5.80. The zero-order valence-electron chi connectivity index (χ0n) is 9.60. The Morgan fingerprint density at radius 3 is 1.92 bits per heavy atom. The monoisotopic (exact) mass is 187 g/mol. The van der Waals surface area contributed by atoms with Gasteiger partial charge in [0.15, 0.2) is 0 Å². The van der Waals surface area contributed by atoms with Gasteiger partial charge in [-0.1, -0.05) is 33.6 Å². The van der Waals surface area contributed by atoms with E-state index in [2.05, 4.69) is 27.7 Å². The summed E-state index contributed by atoms with van der Waals surface area (Å²) in [5.74, 6) is 0. The normalized spacial score (nSPS) is 14.5. The van der Waals surface area contributed by atoms with E-state index in [4.69, 9.17) is 10.5 Å². The molecule has 0 aromatic rings. The molecular weight excluding hydrogens is 162 g/mol. The van der Waals surface area contributed by atoms with Crippen molar-refractivity contribution in [3.8, 4) is 0 Å². The first-order valence-electron chi connectivity index (χ1n) is 5.54. The number of ether oxygens (including phenoxy) is 1. The van der Waals surface area contributed by atoms with Crippen LogP contribution < -0.4 is 5.73 Å². The average molecular weight is 187 g/mol. The molecule has 0 aliphatic heterocycles. The Morgan fingerprint density at radius 1 is 1.15 bits per heavy atom. The average Bonchev–Trinajstić information content (AvgIpc) is 2.04. The minimum atomic E-state index is -0.376. The Hall–Kier alpha value is -0.0800. The first-order chi connectivity index (χ1) is 6.08. The fourth-order valence-electron chi connectivity index (χ4n) is 1.57. The molecule has 0 spiro atoms. The van der Waals surface area contributed by atoms with Crippen LogP contribution in [0, 0.1) is 0 Å². The minimum absolute atomic E-state index is 0.281. The van der Waals surface area contributed by atoms with E-state index in [9.17, 15) is 0 Å². The fraction of sp³-hybridized carbons (Fsp3) is 1.00. The van der Waals surface area contributed by atoms with Gasteiger partial charge in [-0.25, -0.2) is 0 Å². The number of rotatable bonds is 7. The van der Waals surface area contributed by atoms with E-state index < -0.39 is 0 Å². The van der Waals surface area contributed by atoms with Crippen molar-refractivity contribution in [1.82, 2.24) is 0 Å². The predicted molar refractivity (Wildman–Crippen MR) is 57.6 cm³/mol. The van der Waals surface area contributed by atoms with E-state index in [1.807, 2.05) is 0 Å². The molecule has 1 atom stereocenters. The van der Waals surface area contributed by atoms with Crippen LogP contribution >= 0.6 is 0 Å². The van der Waals surface area contributed by atoms with Crippen molar-refractivity contribution in [3.05, 3.63) is 0 Å². The molecule has 0 aromatic carbocycles. The molecule has 2 heteroatoms. The van der Waals surface area contributed by atoms with Gasteiger partial charge in [0.25, 0.3) is 0 Å². The quantitative estimate of drug-likeness (QED) is 0.622. The molecule has 0 bridgehead atoms. The van der Waals surface area contributed by atoms with Crippen molar-refractivity contribution in [2.24, 2.45) is 5.73 Å². The maximum Gasteiger partial charge on any atom is 0.117 e. The Balaban J connectivity index is 4.05. The second-order valence-corrected chi connectivity index (χ2v) is 3.90. The van der Waals surface area contributed by atoms with E-state index in [0.29, 0.717) is 0 Å². The molecule has 13 heavy (non-hydrogen) atoms. The van der Waals surface area contributed by atoms with Gasteiger partial charge in [-0.05, 0) is 26.2 Å². The summed E-state index contributed by atoms with van der Waals surface area (Å²) in [5, 5.41) is 0. The molecule has 0 saturated heterocycles. The molecule has 0 fully saturated rings. The Morgan fingerprint density at radius 2 is 1.62 bits per heavy atom. The predicted octanol–water partition coefficient (Wildman–Crippen LogP) is 3.06. The lowest BCUT2D eigenvalue weighted by molar-refractivity contribution is -0.0951. The lowest BCUT2D eigenvalue weighted by Gasteiger charge is -2.32. The van der Waals surface area contributed by atoms with Crippen LogP contribution in [0.3, 0.4) is 0 Å². The molecule has 2 nitrogen and oxygen atoms in total. The van der Waals surface area contributed by atoms with Gasteiger partial charge in [-0.15, -0.1) is 0 Å². The summed E-state index contributed by atoms with van der Waals surface area (Å²) < 4.78 is 5.85. The minimum Gasteiger partial charge on any atom is -0.358 e. The number of hydrogen-bond acceptors (Lipinski definition) is 2. The maximum atomic E-state index is 6.17. The molecule has 80 valence electrons. The zero-order valence-corrected chi connectivity index (χ0v) is 9.60. The lowest BCUT2D eigenvalue weighted by Crippen LogP contribution is -2.44. The second kappa shape index (κ2) is 6.39. The van der Waals surface area contributed by atoms with Gasteiger partial charge in [0.1, 0.15) is 5.72 Å². The van der Waals surface area contributed by atoms with E-state index in [1.165, 1.54) is 0 Å². The Kier molecular flexibility index (Phi) is 6.35. The van der Waals surface area contributed by atoms with Crippen LogP contribution in [0.2, 0.25) is 0 Å². The van der Waals surface area contributed by atoms with Gasteiger partial charge in [-0.2, -0.15) is 0 Å². The summed E-state index contributed by atoms with van der Waals surface area (Å²) >= 11 is 0. The van der Waals surface area contributed by atoms with Gasteiger partial charge >= 0.3 is 0 Å². The van der Waals surface area contributed by atoms with Crippen LogP contribution in [0.15, 0.2) is 0 Å². The topological polar surface area (TPSA) is 35.2 Å². The summed E-state index contributed by atoms with van der Waals surface area (Å²) in [6.45, 7) is 8.52. The summed E-state index contributed by atoms with van der Waals surface area (Å²) in [7, 11) is 0. The first kappa shape index (κ1) is 12.9. The van der Waals surface area contributed by atoms with Crippen LogP contribution in [-0.4, -0.2) is 11.8 Å². The standard InChI is InChI=1S/C11H25NO/c1-5-8-11(12,9-6-2)13-10(4)7-3/h10H,5-9,12H2,1-4H3.